The summed E-state index contributed by atoms with van der Waals surface area (Å²) in [5.41, 5.74) is 0. The third-order valence-electron chi connectivity index (χ3n) is 3.36. The molecule has 0 bridgehead atoms. The Bertz CT molecular complexity index is 500. The monoisotopic (exact) mass is 404 g/mol. The summed E-state index contributed by atoms with van der Waals surface area (Å²) in [4.78, 5) is 45.2. The molecule has 0 spiro atoms. The molecule has 28 heavy (non-hydrogen) atoms. The van der Waals surface area contributed by atoms with Gasteiger partial charge in [0.2, 0.25) is 17.7 Å². The molecule has 1 atom stereocenters. The van der Waals surface area contributed by atoms with Crippen molar-refractivity contribution in [3.05, 3.63) is 0 Å². The predicted octanol–water partition coefficient (Wildman–Crippen LogP) is -1.77. The minimum absolute atomic E-state index is 0.0488. The Labute approximate surface area is 164 Å². The van der Waals surface area contributed by atoms with Gasteiger partial charge in [-0.05, 0) is 27.3 Å². The lowest BCUT2D eigenvalue weighted by Gasteiger charge is -2.11. The normalized spacial score (nSPS) is 11.7. The number of likely N-dealkylation sites (N-methyl/N-ethyl adjacent to an activating group) is 1. The fourth-order valence-electron chi connectivity index (χ4n) is 2.02. The van der Waals surface area contributed by atoms with E-state index in [2.05, 4.69) is 21.3 Å². The maximum absolute atomic E-state index is 11.6. The molecule has 0 aromatic rings. The third kappa shape index (κ3) is 14.9. The van der Waals surface area contributed by atoms with Crippen LogP contribution in [-0.4, -0.2) is 87.4 Å². The molecule has 0 aliphatic rings. The lowest BCUT2D eigenvalue weighted by atomic mass is 10.1. The van der Waals surface area contributed by atoms with Crippen molar-refractivity contribution < 1.29 is 33.8 Å². The van der Waals surface area contributed by atoms with E-state index >= 15 is 0 Å². The van der Waals surface area contributed by atoms with Crippen molar-refractivity contribution in [1.29, 1.82) is 0 Å². The van der Waals surface area contributed by atoms with Crippen molar-refractivity contribution >= 4 is 23.7 Å². The van der Waals surface area contributed by atoms with Gasteiger partial charge in [-0.2, -0.15) is 0 Å². The topological polar surface area (TPSA) is 155 Å². The van der Waals surface area contributed by atoms with Crippen LogP contribution in [0.25, 0.3) is 0 Å². The zero-order valence-corrected chi connectivity index (χ0v) is 16.7. The quantitative estimate of drug-likeness (QED) is 0.189. The molecule has 0 aliphatic carbocycles. The van der Waals surface area contributed by atoms with Crippen LogP contribution in [0.15, 0.2) is 0 Å². The molecule has 3 amide bonds. The number of carboxylic acids is 1. The first-order valence-electron chi connectivity index (χ1n) is 9.14. The second-order valence-corrected chi connectivity index (χ2v) is 6.25. The zero-order chi connectivity index (χ0) is 21.4. The maximum atomic E-state index is 11.6. The van der Waals surface area contributed by atoms with Crippen LogP contribution in [0.2, 0.25) is 0 Å². The fourth-order valence-corrected chi connectivity index (χ4v) is 2.02. The summed E-state index contributed by atoms with van der Waals surface area (Å²) >= 11 is 0. The van der Waals surface area contributed by atoms with E-state index in [0.717, 1.165) is 0 Å². The number of nitrogens with one attached hydrogen (secondary N) is 4. The van der Waals surface area contributed by atoms with Crippen molar-refractivity contribution in [1.82, 2.24) is 21.3 Å². The highest BCUT2D eigenvalue weighted by atomic mass is 16.5. The molecule has 0 radical (unpaired) electrons. The summed E-state index contributed by atoms with van der Waals surface area (Å²) in [5, 5.41) is 19.3. The van der Waals surface area contributed by atoms with E-state index in [1.54, 1.807) is 0 Å². The van der Waals surface area contributed by atoms with E-state index in [0.29, 0.717) is 0 Å². The first kappa shape index (κ1) is 25.8. The van der Waals surface area contributed by atoms with Gasteiger partial charge in [0, 0.05) is 25.6 Å². The van der Waals surface area contributed by atoms with Gasteiger partial charge in [0.15, 0.2) is 0 Å². The maximum Gasteiger partial charge on any atom is 0.320 e. The van der Waals surface area contributed by atoms with E-state index in [-0.39, 0.29) is 76.1 Å². The standard InChI is InChI=1S/C17H32N4O7/c1-12(2)21-16(24)11-28-9-7-20-15(23)10-27-8-6-19-14(22)5-4-13(18-3)17(25)26/h12-13,18H,4-11H2,1-3H3,(H,19,22)(H,20,23)(H,21,24)(H,25,26). The summed E-state index contributed by atoms with van der Waals surface area (Å²) in [6.45, 7) is 4.30. The Morgan fingerprint density at radius 2 is 1.43 bits per heavy atom. The van der Waals surface area contributed by atoms with Gasteiger partial charge in [-0.15, -0.1) is 0 Å². The highest BCUT2D eigenvalue weighted by molar-refractivity contribution is 5.78. The molecule has 11 nitrogen and oxygen atoms in total. The number of carbonyl (C=O) groups is 4. The minimum atomic E-state index is -1.01. The molecule has 0 aliphatic heterocycles. The van der Waals surface area contributed by atoms with E-state index in [9.17, 15) is 19.2 Å². The molecule has 0 aromatic heterocycles. The molecule has 1 unspecified atom stereocenters. The van der Waals surface area contributed by atoms with Gasteiger partial charge in [0.1, 0.15) is 19.3 Å². The molecule has 162 valence electrons. The fraction of sp³-hybridized carbons (Fsp3) is 0.765. The van der Waals surface area contributed by atoms with Crippen molar-refractivity contribution in [2.45, 2.75) is 38.8 Å². The number of ether oxygens (including phenoxy) is 2. The van der Waals surface area contributed by atoms with Crippen LogP contribution in [0, 0.1) is 0 Å². The molecule has 11 heteroatoms. The number of amides is 3. The van der Waals surface area contributed by atoms with Gasteiger partial charge in [-0.25, -0.2) is 0 Å². The van der Waals surface area contributed by atoms with Gasteiger partial charge in [-0.1, -0.05) is 0 Å². The third-order valence-corrected chi connectivity index (χ3v) is 3.36. The summed E-state index contributed by atoms with van der Waals surface area (Å²) in [6.07, 6.45) is 0.260. The summed E-state index contributed by atoms with van der Waals surface area (Å²) < 4.78 is 10.3. The smallest absolute Gasteiger partial charge is 0.320 e. The van der Waals surface area contributed by atoms with Crippen molar-refractivity contribution in [3.8, 4) is 0 Å². The van der Waals surface area contributed by atoms with Crippen LogP contribution >= 0.6 is 0 Å². The first-order valence-corrected chi connectivity index (χ1v) is 9.14. The van der Waals surface area contributed by atoms with E-state index in [4.69, 9.17) is 14.6 Å². The van der Waals surface area contributed by atoms with Crippen LogP contribution in [0.4, 0.5) is 0 Å². The van der Waals surface area contributed by atoms with Crippen LogP contribution in [0.5, 0.6) is 0 Å². The Morgan fingerprint density at radius 1 is 0.893 bits per heavy atom. The Morgan fingerprint density at radius 3 is 1.93 bits per heavy atom. The van der Waals surface area contributed by atoms with Gasteiger partial charge < -0.3 is 35.8 Å². The molecule has 0 aromatic carbocycles. The number of hydrogen-bond donors (Lipinski definition) is 5. The number of carboxylic acid groups (broad SMARTS) is 1. The number of rotatable bonds is 16. The number of carbonyl (C=O) groups excluding carboxylic acids is 3. The van der Waals surface area contributed by atoms with Crippen LogP contribution in [0.3, 0.4) is 0 Å². The molecule has 0 saturated heterocycles. The predicted molar refractivity (Wildman–Crippen MR) is 101 cm³/mol. The Balaban J connectivity index is 3.58. The van der Waals surface area contributed by atoms with Crippen molar-refractivity contribution in [2.24, 2.45) is 0 Å². The Hall–Kier alpha value is -2.24. The SMILES string of the molecule is CNC(CCC(=O)NCCOCC(=O)NCCOCC(=O)NC(C)C)C(=O)O. The van der Waals surface area contributed by atoms with Gasteiger partial charge >= 0.3 is 5.97 Å². The van der Waals surface area contributed by atoms with Crippen molar-refractivity contribution in [2.75, 3.05) is 46.6 Å². The van der Waals surface area contributed by atoms with Gasteiger partial charge in [-0.3, -0.25) is 19.2 Å². The lowest BCUT2D eigenvalue weighted by Crippen LogP contribution is -2.36. The van der Waals surface area contributed by atoms with Crippen molar-refractivity contribution in [3.63, 3.8) is 0 Å². The summed E-state index contributed by atoms with van der Waals surface area (Å²) in [6, 6.07) is -0.716. The molecule has 0 rings (SSSR count). The summed E-state index contributed by atoms with van der Waals surface area (Å²) in [7, 11) is 1.52. The molecular weight excluding hydrogens is 372 g/mol. The molecule has 0 heterocycles. The second kappa shape index (κ2) is 15.8. The lowest BCUT2D eigenvalue weighted by molar-refractivity contribution is -0.139. The minimum Gasteiger partial charge on any atom is -0.480 e. The number of hydrogen-bond acceptors (Lipinski definition) is 7. The van der Waals surface area contributed by atoms with Gasteiger partial charge in [0.05, 0.1) is 13.2 Å². The molecule has 0 fully saturated rings. The van der Waals surface area contributed by atoms with Crippen LogP contribution < -0.4 is 21.3 Å². The van der Waals surface area contributed by atoms with E-state index in [1.165, 1.54) is 7.05 Å². The zero-order valence-electron chi connectivity index (χ0n) is 16.7. The van der Waals surface area contributed by atoms with Crippen LogP contribution in [0.1, 0.15) is 26.7 Å². The highest BCUT2D eigenvalue weighted by Crippen LogP contribution is 1.97. The highest BCUT2D eigenvalue weighted by Gasteiger charge is 2.15. The second-order valence-electron chi connectivity index (χ2n) is 6.25. The van der Waals surface area contributed by atoms with E-state index < -0.39 is 12.0 Å². The largest absolute Gasteiger partial charge is 0.480 e. The van der Waals surface area contributed by atoms with Crippen LogP contribution in [-0.2, 0) is 28.7 Å². The molecular formula is C17H32N4O7. The summed E-state index contributed by atoms with van der Waals surface area (Å²) in [5.74, 6) is -1.84. The molecule has 5 N–H and O–H groups in total. The van der Waals surface area contributed by atoms with E-state index in [1.807, 2.05) is 13.8 Å². The average molecular weight is 404 g/mol. The average Bonchev–Trinajstić information content (AvgIpc) is 2.60. The first-order chi connectivity index (χ1) is 13.3. The molecule has 0 saturated carbocycles. The number of aliphatic carboxylic acids is 1. The Kier molecular flexibility index (Phi) is 14.5. The van der Waals surface area contributed by atoms with Gasteiger partial charge in [0.25, 0.3) is 0 Å².